The topological polar surface area (TPSA) is 86.7 Å². The van der Waals surface area contributed by atoms with Crippen LogP contribution >= 0.6 is 0 Å². The van der Waals surface area contributed by atoms with Crippen LogP contribution in [-0.4, -0.2) is 13.0 Å². The molecule has 0 aromatic heterocycles. The van der Waals surface area contributed by atoms with Crippen LogP contribution < -0.4 is 39.4 Å². The van der Waals surface area contributed by atoms with Crippen LogP contribution in [0, 0.1) is 0 Å². The van der Waals surface area contributed by atoms with Gasteiger partial charge in [-0.2, -0.15) is 8.42 Å². The number of benzene rings is 2. The van der Waals surface area contributed by atoms with E-state index in [1.165, 1.54) is 24.8 Å². The van der Waals surface area contributed by atoms with Gasteiger partial charge in [0.05, 0.1) is 0 Å². The Labute approximate surface area is 171 Å². The van der Waals surface area contributed by atoms with E-state index in [-0.39, 0.29) is 35.3 Å². The summed E-state index contributed by atoms with van der Waals surface area (Å²) in [5.74, 6) is -0.173. The largest absolute Gasteiger partial charge is 1.00 e. The Morgan fingerprint density at radius 3 is 2.32 bits per heavy atom. The molecule has 0 saturated carbocycles. The third-order valence-corrected chi connectivity index (χ3v) is 4.56. The van der Waals surface area contributed by atoms with Gasteiger partial charge in [0.15, 0.2) is 0 Å². The quantitative estimate of drug-likeness (QED) is 0.423. The van der Waals surface area contributed by atoms with Crippen LogP contribution in [0.25, 0.3) is 0 Å². The van der Waals surface area contributed by atoms with Gasteiger partial charge in [-0.3, -0.25) is 4.55 Å². The zero-order chi connectivity index (χ0) is 17.6. The molecule has 0 aliphatic carbocycles. The Bertz CT molecular complexity index is 773. The second-order valence-electron chi connectivity index (χ2n) is 5.64. The standard InChI is InChI=1S/C18H22O5S.Na/c1-2-3-4-5-6-14-7-10-16(11-8-14)23-17-13-15(19)9-12-18(17)24(20,21)22;/h7-13,19H,2-6H2,1H3,(H,20,21,22);/q;+1/p-1. The minimum Gasteiger partial charge on any atom is -0.872 e. The third-order valence-electron chi connectivity index (χ3n) is 3.66. The van der Waals surface area contributed by atoms with Crippen LogP contribution in [0.2, 0.25) is 0 Å². The van der Waals surface area contributed by atoms with Crippen molar-refractivity contribution in [1.29, 1.82) is 0 Å². The Balaban J connectivity index is 0.00000312. The molecule has 1 N–H and O–H groups in total. The van der Waals surface area contributed by atoms with E-state index in [2.05, 4.69) is 6.92 Å². The van der Waals surface area contributed by atoms with Crippen LogP contribution in [-0.2, 0) is 16.5 Å². The Morgan fingerprint density at radius 1 is 1.04 bits per heavy atom. The molecule has 2 aromatic rings. The molecule has 2 rings (SSSR count). The van der Waals surface area contributed by atoms with E-state index >= 15 is 0 Å². The summed E-state index contributed by atoms with van der Waals surface area (Å²) in [6.07, 6.45) is 5.72. The average Bonchev–Trinajstić information content (AvgIpc) is 2.52. The van der Waals surface area contributed by atoms with E-state index in [4.69, 9.17) is 4.74 Å². The van der Waals surface area contributed by atoms with Gasteiger partial charge in [-0.25, -0.2) is 0 Å². The van der Waals surface area contributed by atoms with Gasteiger partial charge in [-0.1, -0.05) is 44.4 Å². The van der Waals surface area contributed by atoms with Crippen molar-refractivity contribution in [1.82, 2.24) is 0 Å². The molecular formula is C18H21NaO5S. The van der Waals surface area contributed by atoms with Gasteiger partial charge < -0.3 is 9.84 Å². The number of rotatable bonds is 8. The van der Waals surface area contributed by atoms with Crippen LogP contribution in [0.5, 0.6) is 17.2 Å². The molecule has 5 nitrogen and oxygen atoms in total. The van der Waals surface area contributed by atoms with E-state index in [1.54, 1.807) is 12.1 Å². The molecule has 0 atom stereocenters. The number of hydrogen-bond donors (Lipinski definition) is 1. The summed E-state index contributed by atoms with van der Waals surface area (Å²) >= 11 is 0. The predicted molar refractivity (Wildman–Crippen MR) is 90.1 cm³/mol. The maximum Gasteiger partial charge on any atom is 1.00 e. The molecular weight excluding hydrogens is 351 g/mol. The van der Waals surface area contributed by atoms with Gasteiger partial charge in [0.25, 0.3) is 10.1 Å². The first-order valence-electron chi connectivity index (χ1n) is 7.95. The third kappa shape index (κ3) is 6.99. The number of ether oxygens (including phenoxy) is 1. The Morgan fingerprint density at radius 2 is 1.72 bits per heavy atom. The fourth-order valence-corrected chi connectivity index (χ4v) is 2.98. The van der Waals surface area contributed by atoms with Crippen molar-refractivity contribution in [3.05, 3.63) is 48.0 Å². The van der Waals surface area contributed by atoms with Gasteiger partial charge in [-0.05, 0) is 42.7 Å². The van der Waals surface area contributed by atoms with Crippen molar-refractivity contribution in [2.45, 2.75) is 43.9 Å². The predicted octanol–water partition coefficient (Wildman–Crippen LogP) is 0.926. The van der Waals surface area contributed by atoms with E-state index in [0.29, 0.717) is 5.75 Å². The SMILES string of the molecule is CCCCCCc1ccc(Oc2cc([O-])ccc2S(=O)(=O)O)cc1.[Na+]. The summed E-state index contributed by atoms with van der Waals surface area (Å²) in [6.45, 7) is 2.17. The zero-order valence-corrected chi connectivity index (χ0v) is 17.4. The molecule has 0 aliphatic rings. The normalized spacial score (nSPS) is 11.0. The smallest absolute Gasteiger partial charge is 0.872 e. The monoisotopic (exact) mass is 372 g/mol. The average molecular weight is 372 g/mol. The van der Waals surface area contributed by atoms with Gasteiger partial charge in [0.1, 0.15) is 16.4 Å². The van der Waals surface area contributed by atoms with Crippen molar-refractivity contribution in [3.8, 4) is 17.2 Å². The minimum absolute atomic E-state index is 0. The molecule has 0 aliphatic heterocycles. The second-order valence-corrected chi connectivity index (χ2v) is 7.03. The van der Waals surface area contributed by atoms with Gasteiger partial charge in [-0.15, -0.1) is 5.75 Å². The first-order chi connectivity index (χ1) is 11.4. The van der Waals surface area contributed by atoms with Crippen molar-refractivity contribution >= 4 is 10.1 Å². The van der Waals surface area contributed by atoms with Gasteiger partial charge >= 0.3 is 29.6 Å². The zero-order valence-electron chi connectivity index (χ0n) is 14.6. The van der Waals surface area contributed by atoms with Crippen LogP contribution in [0.1, 0.15) is 38.2 Å². The molecule has 0 amide bonds. The van der Waals surface area contributed by atoms with Crippen LogP contribution in [0.15, 0.2) is 47.4 Å². The summed E-state index contributed by atoms with van der Waals surface area (Å²) in [7, 11) is -4.46. The summed E-state index contributed by atoms with van der Waals surface area (Å²) < 4.78 is 37.4. The summed E-state index contributed by atoms with van der Waals surface area (Å²) in [5.41, 5.74) is 1.17. The second kappa shape index (κ2) is 10.2. The molecule has 0 bridgehead atoms. The number of aryl methyl sites for hydroxylation is 1. The molecule has 130 valence electrons. The van der Waals surface area contributed by atoms with Crippen LogP contribution in [0.3, 0.4) is 0 Å². The Hall–Kier alpha value is -1.05. The molecule has 2 aromatic carbocycles. The molecule has 0 heterocycles. The summed E-state index contributed by atoms with van der Waals surface area (Å²) in [4.78, 5) is -0.425. The van der Waals surface area contributed by atoms with Gasteiger partial charge in [0, 0.05) is 0 Å². The number of unbranched alkanes of at least 4 members (excludes halogenated alkanes) is 3. The van der Waals surface area contributed by atoms with Crippen molar-refractivity contribution in [2.75, 3.05) is 0 Å². The van der Waals surface area contributed by atoms with Gasteiger partial charge in [0.2, 0.25) is 0 Å². The fourth-order valence-electron chi connectivity index (χ4n) is 2.39. The fraction of sp³-hybridized carbons (Fsp3) is 0.333. The first kappa shape index (κ1) is 22.0. The van der Waals surface area contributed by atoms with Crippen molar-refractivity contribution in [3.63, 3.8) is 0 Å². The van der Waals surface area contributed by atoms with Crippen molar-refractivity contribution < 1.29 is 52.4 Å². The maximum absolute atomic E-state index is 11.4. The maximum atomic E-state index is 11.4. The molecule has 0 spiro atoms. The van der Waals surface area contributed by atoms with E-state index in [9.17, 15) is 18.1 Å². The van der Waals surface area contributed by atoms with E-state index < -0.39 is 20.8 Å². The molecule has 7 heteroatoms. The minimum atomic E-state index is -4.46. The molecule has 0 radical (unpaired) electrons. The van der Waals surface area contributed by atoms with Crippen LogP contribution in [0.4, 0.5) is 0 Å². The molecule has 0 saturated heterocycles. The molecule has 25 heavy (non-hydrogen) atoms. The summed E-state index contributed by atoms with van der Waals surface area (Å²) in [5, 5.41) is 11.4. The van der Waals surface area contributed by atoms with E-state index in [1.807, 2.05) is 12.1 Å². The first-order valence-corrected chi connectivity index (χ1v) is 9.39. The molecule has 0 fully saturated rings. The molecule has 0 unspecified atom stereocenters. The number of hydrogen-bond acceptors (Lipinski definition) is 4. The summed E-state index contributed by atoms with van der Waals surface area (Å²) in [6, 6.07) is 10.4. The Kier molecular flexibility index (Phi) is 8.96. The van der Waals surface area contributed by atoms with E-state index in [0.717, 1.165) is 31.0 Å². The van der Waals surface area contributed by atoms with Crippen molar-refractivity contribution in [2.24, 2.45) is 0 Å².